The number of esters is 1. The van der Waals surface area contributed by atoms with E-state index in [9.17, 15) is 9.59 Å². The predicted octanol–water partition coefficient (Wildman–Crippen LogP) is 3.57. The van der Waals surface area contributed by atoms with Crippen LogP contribution in [0, 0.1) is 6.92 Å². The van der Waals surface area contributed by atoms with E-state index in [-0.39, 0.29) is 17.5 Å². The Morgan fingerprint density at radius 2 is 1.85 bits per heavy atom. The number of aromatic nitrogens is 2. The van der Waals surface area contributed by atoms with E-state index < -0.39 is 5.97 Å². The second-order valence-corrected chi connectivity index (χ2v) is 5.75. The zero-order valence-electron chi connectivity index (χ0n) is 14.9. The molecule has 7 nitrogen and oxygen atoms in total. The summed E-state index contributed by atoms with van der Waals surface area (Å²) in [5.41, 5.74) is 2.75. The fraction of sp³-hybridized carbons (Fsp3) is 0.100. The molecule has 3 rings (SSSR count). The largest absolute Gasteiger partial charge is 0.465 e. The van der Waals surface area contributed by atoms with Gasteiger partial charge in [-0.25, -0.2) is 14.8 Å². The number of hydrogen-bond acceptors (Lipinski definition) is 6. The van der Waals surface area contributed by atoms with Crippen molar-refractivity contribution >= 4 is 29.2 Å². The number of anilines is 3. The van der Waals surface area contributed by atoms with Gasteiger partial charge in [0.2, 0.25) is 5.95 Å². The number of nitrogens with one attached hydrogen (secondary N) is 2. The van der Waals surface area contributed by atoms with Gasteiger partial charge in [-0.2, -0.15) is 0 Å². The van der Waals surface area contributed by atoms with Gasteiger partial charge < -0.3 is 15.4 Å². The van der Waals surface area contributed by atoms with Crippen molar-refractivity contribution in [2.45, 2.75) is 6.92 Å². The quantitative estimate of drug-likeness (QED) is 0.674. The van der Waals surface area contributed by atoms with Crippen molar-refractivity contribution in [1.29, 1.82) is 0 Å². The first-order valence-corrected chi connectivity index (χ1v) is 8.22. The summed E-state index contributed by atoms with van der Waals surface area (Å²) >= 11 is 0. The highest BCUT2D eigenvalue weighted by Gasteiger charge is 2.13. The molecule has 0 saturated carbocycles. The minimum Gasteiger partial charge on any atom is -0.465 e. The molecule has 1 aromatic heterocycles. The van der Waals surface area contributed by atoms with E-state index in [1.165, 1.54) is 19.4 Å². The van der Waals surface area contributed by atoms with Crippen LogP contribution in [0.1, 0.15) is 26.4 Å². The summed E-state index contributed by atoms with van der Waals surface area (Å²) in [6.07, 6.45) is 1.47. The Bertz CT molecular complexity index is 988. The highest BCUT2D eigenvalue weighted by Crippen LogP contribution is 2.19. The molecule has 7 heteroatoms. The maximum Gasteiger partial charge on any atom is 0.339 e. The van der Waals surface area contributed by atoms with Gasteiger partial charge in [0.1, 0.15) is 5.69 Å². The molecule has 2 aromatic carbocycles. The van der Waals surface area contributed by atoms with Gasteiger partial charge in [0.15, 0.2) is 0 Å². The summed E-state index contributed by atoms with van der Waals surface area (Å²) in [6.45, 7) is 1.95. The minimum absolute atomic E-state index is 0.197. The third-order valence-corrected chi connectivity index (χ3v) is 3.74. The van der Waals surface area contributed by atoms with Gasteiger partial charge in [-0.05, 0) is 42.8 Å². The van der Waals surface area contributed by atoms with E-state index in [0.29, 0.717) is 16.9 Å². The number of carbonyl (C=O) groups excluding carboxylic acids is 2. The van der Waals surface area contributed by atoms with Crippen LogP contribution in [0.25, 0.3) is 0 Å². The van der Waals surface area contributed by atoms with Crippen LogP contribution in [0.15, 0.2) is 60.8 Å². The lowest BCUT2D eigenvalue weighted by Gasteiger charge is -2.10. The molecule has 0 unspecified atom stereocenters. The summed E-state index contributed by atoms with van der Waals surface area (Å²) < 4.78 is 4.77. The first kappa shape index (κ1) is 18.1. The Kier molecular flexibility index (Phi) is 5.41. The molecule has 0 aliphatic rings. The van der Waals surface area contributed by atoms with E-state index in [4.69, 9.17) is 4.74 Å². The number of amides is 1. The number of hydrogen-bond donors (Lipinski definition) is 2. The highest BCUT2D eigenvalue weighted by atomic mass is 16.5. The molecule has 0 atom stereocenters. The Labute approximate surface area is 156 Å². The number of para-hydroxylation sites is 1. The first-order valence-electron chi connectivity index (χ1n) is 8.22. The van der Waals surface area contributed by atoms with Crippen LogP contribution in [0.4, 0.5) is 17.3 Å². The molecule has 1 heterocycles. The van der Waals surface area contributed by atoms with Crippen LogP contribution in [-0.4, -0.2) is 29.0 Å². The predicted molar refractivity (Wildman–Crippen MR) is 102 cm³/mol. The fourth-order valence-electron chi connectivity index (χ4n) is 2.46. The maximum atomic E-state index is 12.4. The van der Waals surface area contributed by atoms with Crippen molar-refractivity contribution in [3.63, 3.8) is 0 Å². The number of aryl methyl sites for hydroxylation is 1. The Hall–Kier alpha value is -3.74. The van der Waals surface area contributed by atoms with E-state index in [2.05, 4.69) is 20.6 Å². The lowest BCUT2D eigenvalue weighted by molar-refractivity contribution is 0.0601. The van der Waals surface area contributed by atoms with Gasteiger partial charge in [0.25, 0.3) is 5.91 Å². The zero-order chi connectivity index (χ0) is 19.2. The topological polar surface area (TPSA) is 93.2 Å². The van der Waals surface area contributed by atoms with Crippen molar-refractivity contribution in [3.8, 4) is 0 Å². The standard InChI is InChI=1S/C20H18N4O3/c1-13-6-5-7-14(12-13)22-18(25)17-10-11-21-20(24-17)23-16-9-4-3-8-15(16)19(26)27-2/h3-12H,1-2H3,(H,22,25)(H,21,23,24). The molecule has 1 amide bonds. The molecule has 3 aromatic rings. The van der Waals surface area contributed by atoms with Gasteiger partial charge in [0.05, 0.1) is 18.4 Å². The number of methoxy groups -OCH3 is 1. The van der Waals surface area contributed by atoms with E-state index in [0.717, 1.165) is 5.56 Å². The molecule has 0 aliphatic carbocycles. The molecule has 27 heavy (non-hydrogen) atoms. The van der Waals surface area contributed by atoms with E-state index in [1.54, 1.807) is 30.3 Å². The summed E-state index contributed by atoms with van der Waals surface area (Å²) in [7, 11) is 1.31. The van der Waals surface area contributed by atoms with Crippen LogP contribution >= 0.6 is 0 Å². The number of ether oxygens (including phenoxy) is 1. The third kappa shape index (κ3) is 4.46. The second-order valence-electron chi connectivity index (χ2n) is 5.75. The Morgan fingerprint density at radius 1 is 1.04 bits per heavy atom. The molecule has 0 fully saturated rings. The second kappa shape index (κ2) is 8.09. The van der Waals surface area contributed by atoms with Crippen LogP contribution in [-0.2, 0) is 4.74 Å². The number of carbonyl (C=O) groups is 2. The minimum atomic E-state index is -0.480. The van der Waals surface area contributed by atoms with Crippen molar-refractivity contribution < 1.29 is 14.3 Å². The molecule has 136 valence electrons. The molecular weight excluding hydrogens is 344 g/mol. The first-order chi connectivity index (χ1) is 13.1. The lowest BCUT2D eigenvalue weighted by Crippen LogP contribution is -2.15. The van der Waals surface area contributed by atoms with Crippen LogP contribution in [0.5, 0.6) is 0 Å². The number of benzene rings is 2. The number of rotatable bonds is 5. The summed E-state index contributed by atoms with van der Waals surface area (Å²) in [4.78, 5) is 32.6. The van der Waals surface area contributed by atoms with Crippen molar-refractivity contribution in [2.24, 2.45) is 0 Å². The molecule has 0 radical (unpaired) electrons. The maximum absolute atomic E-state index is 12.4. The monoisotopic (exact) mass is 362 g/mol. The number of nitrogens with zero attached hydrogens (tertiary/aromatic N) is 2. The van der Waals surface area contributed by atoms with E-state index >= 15 is 0 Å². The summed E-state index contributed by atoms with van der Waals surface area (Å²) in [6, 6.07) is 15.8. The Balaban J connectivity index is 1.80. The van der Waals surface area contributed by atoms with Gasteiger partial charge in [-0.1, -0.05) is 24.3 Å². The van der Waals surface area contributed by atoms with Crippen LogP contribution in [0.3, 0.4) is 0 Å². The van der Waals surface area contributed by atoms with Crippen molar-refractivity contribution in [1.82, 2.24) is 9.97 Å². The highest BCUT2D eigenvalue weighted by molar-refractivity contribution is 6.03. The van der Waals surface area contributed by atoms with Crippen LogP contribution < -0.4 is 10.6 Å². The SMILES string of the molecule is COC(=O)c1ccccc1Nc1nccc(C(=O)Nc2cccc(C)c2)n1. The zero-order valence-corrected chi connectivity index (χ0v) is 14.9. The van der Waals surface area contributed by atoms with Crippen molar-refractivity contribution in [3.05, 3.63) is 77.6 Å². The fourth-order valence-corrected chi connectivity index (χ4v) is 2.46. The van der Waals surface area contributed by atoms with Gasteiger partial charge in [0, 0.05) is 11.9 Å². The molecule has 0 aliphatic heterocycles. The van der Waals surface area contributed by atoms with Gasteiger partial charge in [-0.15, -0.1) is 0 Å². The summed E-state index contributed by atoms with van der Waals surface area (Å²) in [5.74, 6) is -0.637. The van der Waals surface area contributed by atoms with Crippen LogP contribution in [0.2, 0.25) is 0 Å². The Morgan fingerprint density at radius 3 is 2.63 bits per heavy atom. The lowest BCUT2D eigenvalue weighted by atomic mass is 10.2. The van der Waals surface area contributed by atoms with Crippen molar-refractivity contribution in [2.75, 3.05) is 17.7 Å². The van der Waals surface area contributed by atoms with Gasteiger partial charge in [-0.3, -0.25) is 4.79 Å². The average molecular weight is 362 g/mol. The van der Waals surface area contributed by atoms with E-state index in [1.807, 2.05) is 25.1 Å². The smallest absolute Gasteiger partial charge is 0.339 e. The molecule has 0 spiro atoms. The molecule has 0 bridgehead atoms. The third-order valence-electron chi connectivity index (χ3n) is 3.74. The molecule has 2 N–H and O–H groups in total. The summed E-state index contributed by atoms with van der Waals surface area (Å²) in [5, 5.41) is 5.75. The molecule has 0 saturated heterocycles. The molecular formula is C20H18N4O3. The average Bonchev–Trinajstić information content (AvgIpc) is 2.68. The normalized spacial score (nSPS) is 10.1. The van der Waals surface area contributed by atoms with Gasteiger partial charge >= 0.3 is 5.97 Å².